The lowest BCUT2D eigenvalue weighted by molar-refractivity contribution is 0.102. The summed E-state index contributed by atoms with van der Waals surface area (Å²) in [4.78, 5) is 12.2. The second kappa shape index (κ2) is 6.09. The van der Waals surface area contributed by atoms with E-state index in [-0.39, 0.29) is 11.3 Å². The van der Waals surface area contributed by atoms with Gasteiger partial charge in [-0.1, -0.05) is 28.9 Å². The number of anilines is 1. The predicted octanol–water partition coefficient (Wildman–Crippen LogP) is 3.15. The summed E-state index contributed by atoms with van der Waals surface area (Å²) in [5, 5.41) is 24.4. The molecule has 2 rings (SSSR count). The quantitative estimate of drug-likeness (QED) is 0.460. The third-order valence-corrected chi connectivity index (χ3v) is 3.08. The van der Waals surface area contributed by atoms with Crippen LogP contribution in [0.1, 0.15) is 28.4 Å². The van der Waals surface area contributed by atoms with Crippen molar-refractivity contribution in [1.29, 1.82) is 0 Å². The molecule has 2 aromatic carbocycles. The van der Waals surface area contributed by atoms with E-state index in [1.165, 1.54) is 6.07 Å². The molecule has 0 saturated heterocycles. The van der Waals surface area contributed by atoms with Gasteiger partial charge in [0, 0.05) is 11.3 Å². The third-order valence-electron chi connectivity index (χ3n) is 3.08. The standard InChI is InChI=1S/C16H16N2O3/c1-10-6-7-15(19)14(8-10)16(20)17-13-5-3-4-12(9-13)11(2)18-21/h3-9,19,21H,1-2H3,(H,17,20)/b18-11+. The van der Waals surface area contributed by atoms with Crippen LogP contribution < -0.4 is 5.32 Å². The van der Waals surface area contributed by atoms with Crippen molar-refractivity contribution in [3.8, 4) is 5.75 Å². The van der Waals surface area contributed by atoms with Crippen LogP contribution in [0.5, 0.6) is 5.75 Å². The molecule has 0 aromatic heterocycles. The number of amides is 1. The summed E-state index contributed by atoms with van der Waals surface area (Å²) in [6.07, 6.45) is 0. The van der Waals surface area contributed by atoms with Crippen molar-refractivity contribution >= 4 is 17.3 Å². The number of rotatable bonds is 3. The zero-order valence-corrected chi connectivity index (χ0v) is 11.8. The van der Waals surface area contributed by atoms with Gasteiger partial charge >= 0.3 is 0 Å². The molecule has 0 aliphatic carbocycles. The highest BCUT2D eigenvalue weighted by molar-refractivity contribution is 6.07. The summed E-state index contributed by atoms with van der Waals surface area (Å²) in [5.74, 6) is -0.464. The van der Waals surface area contributed by atoms with E-state index in [1.54, 1.807) is 43.3 Å². The van der Waals surface area contributed by atoms with E-state index in [2.05, 4.69) is 10.5 Å². The molecule has 0 aliphatic heterocycles. The first-order valence-electron chi connectivity index (χ1n) is 6.41. The van der Waals surface area contributed by atoms with Crippen molar-refractivity contribution in [2.45, 2.75) is 13.8 Å². The molecule has 0 bridgehead atoms. The minimum atomic E-state index is -0.396. The second-order valence-corrected chi connectivity index (χ2v) is 4.74. The number of carbonyl (C=O) groups excluding carboxylic acids is 1. The molecule has 0 saturated carbocycles. The van der Waals surface area contributed by atoms with Crippen LogP contribution in [0.15, 0.2) is 47.6 Å². The molecule has 108 valence electrons. The van der Waals surface area contributed by atoms with Crippen LogP contribution >= 0.6 is 0 Å². The average molecular weight is 284 g/mol. The van der Waals surface area contributed by atoms with Crippen LogP contribution in [0.25, 0.3) is 0 Å². The first kappa shape index (κ1) is 14.6. The number of hydrogen-bond donors (Lipinski definition) is 3. The molecule has 1 amide bonds. The lowest BCUT2D eigenvalue weighted by Crippen LogP contribution is -2.12. The minimum Gasteiger partial charge on any atom is -0.507 e. The maximum Gasteiger partial charge on any atom is 0.259 e. The highest BCUT2D eigenvalue weighted by Crippen LogP contribution is 2.20. The Hall–Kier alpha value is -2.82. The number of phenols is 1. The van der Waals surface area contributed by atoms with E-state index in [0.717, 1.165) is 5.56 Å². The van der Waals surface area contributed by atoms with Gasteiger partial charge in [0.05, 0.1) is 11.3 Å². The van der Waals surface area contributed by atoms with E-state index in [1.807, 2.05) is 6.92 Å². The van der Waals surface area contributed by atoms with Gasteiger partial charge in [-0.25, -0.2) is 0 Å². The van der Waals surface area contributed by atoms with Crippen LogP contribution in [-0.2, 0) is 0 Å². The third kappa shape index (κ3) is 3.39. The monoisotopic (exact) mass is 284 g/mol. The molecule has 0 radical (unpaired) electrons. The lowest BCUT2D eigenvalue weighted by Gasteiger charge is -2.09. The van der Waals surface area contributed by atoms with E-state index in [0.29, 0.717) is 17.0 Å². The number of phenolic OH excluding ortho intramolecular Hbond substituents is 1. The number of aryl methyl sites for hydroxylation is 1. The zero-order valence-electron chi connectivity index (χ0n) is 11.8. The molecule has 2 aromatic rings. The smallest absolute Gasteiger partial charge is 0.259 e. The molecule has 0 atom stereocenters. The number of benzene rings is 2. The molecule has 5 nitrogen and oxygen atoms in total. The van der Waals surface area contributed by atoms with Gasteiger partial charge in [-0.15, -0.1) is 0 Å². The Morgan fingerprint density at radius 1 is 1.19 bits per heavy atom. The Kier molecular flexibility index (Phi) is 4.23. The summed E-state index contributed by atoms with van der Waals surface area (Å²) in [5.41, 5.74) is 2.80. The average Bonchev–Trinajstić information content (AvgIpc) is 2.49. The summed E-state index contributed by atoms with van der Waals surface area (Å²) < 4.78 is 0. The van der Waals surface area contributed by atoms with Crippen molar-refractivity contribution < 1.29 is 15.1 Å². The van der Waals surface area contributed by atoms with Crippen molar-refractivity contribution in [2.24, 2.45) is 5.16 Å². The highest BCUT2D eigenvalue weighted by Gasteiger charge is 2.12. The highest BCUT2D eigenvalue weighted by atomic mass is 16.4. The fourth-order valence-electron chi connectivity index (χ4n) is 1.91. The van der Waals surface area contributed by atoms with Crippen molar-refractivity contribution in [2.75, 3.05) is 5.32 Å². The zero-order chi connectivity index (χ0) is 15.4. The maximum atomic E-state index is 12.2. The number of nitrogens with zero attached hydrogens (tertiary/aromatic N) is 1. The molecule has 5 heteroatoms. The number of hydrogen-bond acceptors (Lipinski definition) is 4. The van der Waals surface area contributed by atoms with Gasteiger partial charge in [0.25, 0.3) is 5.91 Å². The van der Waals surface area contributed by atoms with E-state index < -0.39 is 5.91 Å². The predicted molar refractivity (Wildman–Crippen MR) is 81.2 cm³/mol. The summed E-state index contributed by atoms with van der Waals surface area (Å²) >= 11 is 0. The van der Waals surface area contributed by atoms with Crippen LogP contribution in [0.2, 0.25) is 0 Å². The summed E-state index contributed by atoms with van der Waals surface area (Å²) in [7, 11) is 0. The number of oxime groups is 1. The molecule has 0 unspecified atom stereocenters. The Balaban J connectivity index is 2.26. The Bertz CT molecular complexity index is 708. The van der Waals surface area contributed by atoms with Crippen LogP contribution in [0.4, 0.5) is 5.69 Å². The lowest BCUT2D eigenvalue weighted by atomic mass is 10.1. The van der Waals surface area contributed by atoms with Gasteiger partial charge in [0.2, 0.25) is 0 Å². The largest absolute Gasteiger partial charge is 0.507 e. The van der Waals surface area contributed by atoms with Crippen LogP contribution in [0, 0.1) is 6.92 Å². The number of aromatic hydroxyl groups is 1. The second-order valence-electron chi connectivity index (χ2n) is 4.74. The van der Waals surface area contributed by atoms with Crippen molar-refractivity contribution in [3.63, 3.8) is 0 Å². The van der Waals surface area contributed by atoms with Crippen molar-refractivity contribution in [1.82, 2.24) is 0 Å². The molecule has 3 N–H and O–H groups in total. The SMILES string of the molecule is C/C(=N\O)c1cccc(NC(=O)c2cc(C)ccc2O)c1. The van der Waals surface area contributed by atoms with Gasteiger partial charge in [-0.2, -0.15) is 0 Å². The molecule has 0 heterocycles. The molecule has 0 fully saturated rings. The summed E-state index contributed by atoms with van der Waals surface area (Å²) in [6, 6.07) is 11.8. The van der Waals surface area contributed by atoms with Crippen LogP contribution in [-0.4, -0.2) is 21.9 Å². The molecule has 0 aliphatic rings. The molecular weight excluding hydrogens is 268 g/mol. The van der Waals surface area contributed by atoms with Crippen LogP contribution in [0.3, 0.4) is 0 Å². The van der Waals surface area contributed by atoms with Gasteiger partial charge in [-0.3, -0.25) is 4.79 Å². The normalized spacial score (nSPS) is 11.2. The van der Waals surface area contributed by atoms with Gasteiger partial charge < -0.3 is 15.6 Å². The summed E-state index contributed by atoms with van der Waals surface area (Å²) in [6.45, 7) is 3.51. The van der Waals surface area contributed by atoms with Gasteiger partial charge in [0.15, 0.2) is 0 Å². The van der Waals surface area contributed by atoms with Crippen molar-refractivity contribution in [3.05, 3.63) is 59.2 Å². The number of carbonyl (C=O) groups is 1. The Morgan fingerprint density at radius 2 is 1.95 bits per heavy atom. The first-order chi connectivity index (χ1) is 10.0. The fraction of sp³-hybridized carbons (Fsp3) is 0.125. The fourth-order valence-corrected chi connectivity index (χ4v) is 1.91. The Labute approximate surface area is 122 Å². The molecule has 0 spiro atoms. The Morgan fingerprint density at radius 3 is 2.67 bits per heavy atom. The maximum absolute atomic E-state index is 12.2. The van der Waals surface area contributed by atoms with E-state index in [9.17, 15) is 9.90 Å². The molecular formula is C16H16N2O3. The van der Waals surface area contributed by atoms with E-state index >= 15 is 0 Å². The number of nitrogens with one attached hydrogen (secondary N) is 1. The van der Waals surface area contributed by atoms with Gasteiger partial charge in [0.1, 0.15) is 5.75 Å². The topological polar surface area (TPSA) is 81.9 Å². The van der Waals surface area contributed by atoms with E-state index in [4.69, 9.17) is 5.21 Å². The molecule has 21 heavy (non-hydrogen) atoms. The first-order valence-corrected chi connectivity index (χ1v) is 6.41. The minimum absolute atomic E-state index is 0.0673. The van der Waals surface area contributed by atoms with Gasteiger partial charge in [-0.05, 0) is 38.1 Å².